The van der Waals surface area contributed by atoms with Crippen LogP contribution in [0.3, 0.4) is 0 Å². The average molecular weight is 164 g/mol. The molecule has 1 heteroatoms. The quantitative estimate of drug-likeness (QED) is 0.728. The second kappa shape index (κ2) is 4.27. The molecule has 0 aliphatic heterocycles. The molecular weight excluding hydrogens is 148 g/mol. The summed E-state index contributed by atoms with van der Waals surface area (Å²) >= 11 is 0. The van der Waals surface area contributed by atoms with Gasteiger partial charge in [-0.3, -0.25) is 0 Å². The Morgan fingerprint density at radius 1 is 1.17 bits per heavy atom. The fraction of sp³-hybridized carbons (Fsp3) is 0.455. The Kier molecular flexibility index (Phi) is 3.30. The van der Waals surface area contributed by atoms with E-state index in [9.17, 15) is 5.11 Å². The van der Waals surface area contributed by atoms with Crippen LogP contribution in [-0.2, 0) is 0 Å². The standard InChI is InChI=1S/C11H16O/c1-9(2)8-11(12)10-6-4-3-5-7-10/h3-7,9,11-12H,8H2,1-2H3/t11-/m1/s1. The fourth-order valence-corrected chi connectivity index (χ4v) is 1.26. The van der Waals surface area contributed by atoms with Gasteiger partial charge in [-0.2, -0.15) is 0 Å². The largest absolute Gasteiger partial charge is 0.388 e. The zero-order valence-corrected chi connectivity index (χ0v) is 7.70. The average Bonchev–Trinajstić information content (AvgIpc) is 2.05. The minimum Gasteiger partial charge on any atom is -0.388 e. The molecule has 0 spiro atoms. The molecule has 1 aromatic rings. The third-order valence-electron chi connectivity index (χ3n) is 1.88. The van der Waals surface area contributed by atoms with E-state index < -0.39 is 0 Å². The zero-order chi connectivity index (χ0) is 8.97. The summed E-state index contributed by atoms with van der Waals surface area (Å²) in [5.41, 5.74) is 1.02. The van der Waals surface area contributed by atoms with Crippen LogP contribution in [0, 0.1) is 5.92 Å². The molecule has 1 nitrogen and oxygen atoms in total. The molecule has 1 rings (SSSR count). The van der Waals surface area contributed by atoms with Crippen molar-refractivity contribution in [3.63, 3.8) is 0 Å². The van der Waals surface area contributed by atoms with Crippen molar-refractivity contribution < 1.29 is 5.11 Å². The highest BCUT2D eigenvalue weighted by Crippen LogP contribution is 2.19. The van der Waals surface area contributed by atoms with Gasteiger partial charge in [-0.1, -0.05) is 44.2 Å². The van der Waals surface area contributed by atoms with Crippen LogP contribution in [0.25, 0.3) is 0 Å². The number of hydrogen-bond donors (Lipinski definition) is 1. The molecule has 0 aliphatic rings. The van der Waals surface area contributed by atoms with Gasteiger partial charge in [-0.15, -0.1) is 0 Å². The number of aliphatic hydroxyl groups is 1. The Labute approximate surface area is 74.1 Å². The van der Waals surface area contributed by atoms with Gasteiger partial charge in [0.15, 0.2) is 0 Å². The minimum absolute atomic E-state index is 0.300. The lowest BCUT2D eigenvalue weighted by Gasteiger charge is -2.12. The van der Waals surface area contributed by atoms with Crippen molar-refractivity contribution in [1.29, 1.82) is 0 Å². The highest BCUT2D eigenvalue weighted by molar-refractivity contribution is 5.17. The maximum Gasteiger partial charge on any atom is 0.0792 e. The highest BCUT2D eigenvalue weighted by atomic mass is 16.3. The Morgan fingerprint density at radius 3 is 2.25 bits per heavy atom. The summed E-state index contributed by atoms with van der Waals surface area (Å²) in [4.78, 5) is 0. The van der Waals surface area contributed by atoms with E-state index in [0.29, 0.717) is 5.92 Å². The summed E-state index contributed by atoms with van der Waals surface area (Å²) in [7, 11) is 0. The van der Waals surface area contributed by atoms with Gasteiger partial charge < -0.3 is 5.11 Å². The molecule has 0 aromatic heterocycles. The van der Waals surface area contributed by atoms with E-state index in [1.54, 1.807) is 0 Å². The monoisotopic (exact) mass is 164 g/mol. The molecule has 0 bridgehead atoms. The molecule has 0 heterocycles. The zero-order valence-electron chi connectivity index (χ0n) is 7.70. The summed E-state index contributed by atoms with van der Waals surface area (Å²) in [6, 6.07) is 9.81. The second-order valence-corrected chi connectivity index (χ2v) is 3.56. The van der Waals surface area contributed by atoms with E-state index in [1.165, 1.54) is 0 Å². The van der Waals surface area contributed by atoms with Crippen LogP contribution in [-0.4, -0.2) is 5.11 Å². The van der Waals surface area contributed by atoms with Crippen LogP contribution >= 0.6 is 0 Å². The van der Waals surface area contributed by atoms with Crippen molar-refractivity contribution in [2.45, 2.75) is 26.4 Å². The molecule has 0 saturated carbocycles. The van der Waals surface area contributed by atoms with Gasteiger partial charge in [0, 0.05) is 0 Å². The number of rotatable bonds is 3. The molecule has 1 aromatic carbocycles. The molecule has 12 heavy (non-hydrogen) atoms. The van der Waals surface area contributed by atoms with E-state index in [2.05, 4.69) is 13.8 Å². The van der Waals surface area contributed by atoms with E-state index in [0.717, 1.165) is 12.0 Å². The summed E-state index contributed by atoms with van der Waals surface area (Å²) in [6.07, 6.45) is 0.537. The van der Waals surface area contributed by atoms with Crippen molar-refractivity contribution in [2.75, 3.05) is 0 Å². The predicted molar refractivity (Wildman–Crippen MR) is 50.9 cm³/mol. The smallest absolute Gasteiger partial charge is 0.0792 e. The first kappa shape index (κ1) is 9.27. The van der Waals surface area contributed by atoms with Crippen LogP contribution in [0.1, 0.15) is 31.9 Å². The maximum atomic E-state index is 9.69. The predicted octanol–water partition coefficient (Wildman–Crippen LogP) is 2.77. The van der Waals surface area contributed by atoms with Crippen LogP contribution < -0.4 is 0 Å². The van der Waals surface area contributed by atoms with Crippen LogP contribution in [0.2, 0.25) is 0 Å². The van der Waals surface area contributed by atoms with Crippen LogP contribution in [0.4, 0.5) is 0 Å². The molecule has 0 amide bonds. The lowest BCUT2D eigenvalue weighted by molar-refractivity contribution is 0.151. The first-order chi connectivity index (χ1) is 5.70. The van der Waals surface area contributed by atoms with Crippen molar-refractivity contribution in [3.8, 4) is 0 Å². The first-order valence-corrected chi connectivity index (χ1v) is 4.43. The van der Waals surface area contributed by atoms with Gasteiger partial charge in [0.25, 0.3) is 0 Å². The summed E-state index contributed by atoms with van der Waals surface area (Å²) in [5, 5.41) is 9.69. The Hall–Kier alpha value is -0.820. The summed E-state index contributed by atoms with van der Waals surface area (Å²) in [5.74, 6) is 0.542. The van der Waals surface area contributed by atoms with Gasteiger partial charge in [0.1, 0.15) is 0 Å². The van der Waals surface area contributed by atoms with Gasteiger partial charge in [-0.05, 0) is 17.9 Å². The third-order valence-corrected chi connectivity index (χ3v) is 1.88. The molecule has 1 atom stereocenters. The SMILES string of the molecule is CC(C)C[C@@H](O)c1ccccc1. The third kappa shape index (κ3) is 2.67. The molecule has 1 N–H and O–H groups in total. The van der Waals surface area contributed by atoms with Crippen molar-refractivity contribution in [2.24, 2.45) is 5.92 Å². The van der Waals surface area contributed by atoms with Gasteiger partial charge in [-0.25, -0.2) is 0 Å². The minimum atomic E-state index is -0.300. The first-order valence-electron chi connectivity index (χ1n) is 4.43. The van der Waals surface area contributed by atoms with Crippen molar-refractivity contribution in [3.05, 3.63) is 35.9 Å². The Bertz CT molecular complexity index is 216. The van der Waals surface area contributed by atoms with E-state index in [4.69, 9.17) is 0 Å². The van der Waals surface area contributed by atoms with Gasteiger partial charge in [0.05, 0.1) is 6.10 Å². The van der Waals surface area contributed by atoms with E-state index >= 15 is 0 Å². The van der Waals surface area contributed by atoms with Crippen molar-refractivity contribution in [1.82, 2.24) is 0 Å². The lowest BCUT2D eigenvalue weighted by atomic mass is 10.00. The fourth-order valence-electron chi connectivity index (χ4n) is 1.26. The Morgan fingerprint density at radius 2 is 1.75 bits per heavy atom. The topological polar surface area (TPSA) is 20.2 Å². The van der Waals surface area contributed by atoms with Gasteiger partial charge >= 0.3 is 0 Å². The number of hydrogen-bond acceptors (Lipinski definition) is 1. The van der Waals surface area contributed by atoms with Crippen molar-refractivity contribution >= 4 is 0 Å². The molecule has 0 aliphatic carbocycles. The second-order valence-electron chi connectivity index (χ2n) is 3.56. The number of benzene rings is 1. The molecule has 0 radical (unpaired) electrons. The Balaban J connectivity index is 2.59. The normalized spacial score (nSPS) is 13.3. The van der Waals surface area contributed by atoms with Crippen LogP contribution in [0.15, 0.2) is 30.3 Å². The number of aliphatic hydroxyl groups excluding tert-OH is 1. The maximum absolute atomic E-state index is 9.69. The summed E-state index contributed by atoms with van der Waals surface area (Å²) in [6.45, 7) is 4.23. The van der Waals surface area contributed by atoms with Crippen LogP contribution in [0.5, 0.6) is 0 Å². The van der Waals surface area contributed by atoms with E-state index in [-0.39, 0.29) is 6.10 Å². The molecule has 66 valence electrons. The lowest BCUT2D eigenvalue weighted by Crippen LogP contribution is -2.01. The van der Waals surface area contributed by atoms with E-state index in [1.807, 2.05) is 30.3 Å². The molecule has 0 unspecified atom stereocenters. The highest BCUT2D eigenvalue weighted by Gasteiger charge is 2.07. The molecular formula is C11H16O. The summed E-state index contributed by atoms with van der Waals surface area (Å²) < 4.78 is 0. The molecule has 0 fully saturated rings. The van der Waals surface area contributed by atoms with Gasteiger partial charge in [0.2, 0.25) is 0 Å². The molecule has 0 saturated heterocycles.